The van der Waals surface area contributed by atoms with Crippen molar-refractivity contribution in [3.05, 3.63) is 77.5 Å². The maximum absolute atomic E-state index is 4.70. The Bertz CT molecular complexity index is 1220. The molecular weight excluding hydrogens is 430 g/mol. The topological polar surface area (TPSA) is 54.3 Å². The Morgan fingerprint density at radius 3 is 2.57 bits per heavy atom. The molecule has 0 spiro atoms. The van der Waals surface area contributed by atoms with Gasteiger partial charge in [0.25, 0.3) is 0 Å². The second-order valence-electron chi connectivity index (χ2n) is 8.93. The number of aryl methyl sites for hydroxylation is 1. The van der Waals surface area contributed by atoms with E-state index in [1.807, 2.05) is 46.2 Å². The number of hydrogen-bond acceptors (Lipinski definition) is 5. The molecule has 1 saturated heterocycles. The minimum Gasteiger partial charge on any atom is -0.306 e. The van der Waals surface area contributed by atoms with Gasteiger partial charge < -0.3 is 4.90 Å². The molecule has 0 saturated carbocycles. The van der Waals surface area contributed by atoms with Gasteiger partial charge in [-0.1, -0.05) is 32.6 Å². The van der Waals surface area contributed by atoms with Crippen LogP contribution in [0.25, 0.3) is 22.0 Å². The number of nitrogens with zero attached hydrogens (tertiary/aromatic N) is 5. The number of benzene rings is 1. The normalized spacial score (nSPS) is 15.3. The Morgan fingerprint density at radius 2 is 1.89 bits per heavy atom. The van der Waals surface area contributed by atoms with Gasteiger partial charge in [0.1, 0.15) is 6.33 Å². The van der Waals surface area contributed by atoms with E-state index in [9.17, 15) is 0 Å². The average molecular weight is 470 g/mol. The molecule has 1 fully saturated rings. The minimum atomic E-state index is 0.670. The molecule has 184 valence electrons. The van der Waals surface area contributed by atoms with Crippen LogP contribution in [0.15, 0.2) is 54.4 Å². The van der Waals surface area contributed by atoms with Crippen molar-refractivity contribution >= 4 is 28.3 Å². The molecule has 3 aromatic rings. The van der Waals surface area contributed by atoms with E-state index in [0.717, 1.165) is 69.6 Å². The van der Waals surface area contributed by atoms with Gasteiger partial charge in [-0.15, -0.1) is 0 Å². The number of allylic oxidation sites excluding steroid dienone is 2. The third kappa shape index (κ3) is 6.09. The Labute approximate surface area is 210 Å². The average Bonchev–Trinajstić information content (AvgIpc) is 2.89. The largest absolute Gasteiger partial charge is 0.306 e. The number of likely N-dealkylation sites (tertiary alicyclic amines) is 1. The van der Waals surface area contributed by atoms with Crippen molar-refractivity contribution in [1.82, 2.24) is 19.9 Å². The van der Waals surface area contributed by atoms with Crippen LogP contribution in [0.1, 0.15) is 61.7 Å². The highest BCUT2D eigenvalue weighted by Crippen LogP contribution is 2.33. The second-order valence-corrected chi connectivity index (χ2v) is 8.93. The van der Waals surface area contributed by atoms with Crippen molar-refractivity contribution in [2.45, 2.75) is 47.0 Å². The second kappa shape index (κ2) is 12.5. The molecule has 5 nitrogen and oxygen atoms in total. The van der Waals surface area contributed by atoms with E-state index in [1.165, 1.54) is 12.8 Å². The van der Waals surface area contributed by atoms with Crippen LogP contribution in [-0.4, -0.2) is 53.3 Å². The van der Waals surface area contributed by atoms with Gasteiger partial charge >= 0.3 is 0 Å². The van der Waals surface area contributed by atoms with Crippen LogP contribution in [-0.2, 0) is 6.42 Å². The Kier molecular flexibility index (Phi) is 9.44. The smallest absolute Gasteiger partial charge is 0.116 e. The van der Waals surface area contributed by atoms with Crippen molar-refractivity contribution in [2.75, 3.05) is 27.2 Å². The lowest BCUT2D eigenvalue weighted by atomic mass is 9.89. The number of pyridine rings is 1. The van der Waals surface area contributed by atoms with Crippen LogP contribution in [0, 0.1) is 12.8 Å². The number of rotatable bonds is 6. The Balaban J connectivity index is 0.00000167. The zero-order chi connectivity index (χ0) is 25.4. The van der Waals surface area contributed by atoms with Gasteiger partial charge in [0.2, 0.25) is 0 Å². The van der Waals surface area contributed by atoms with Gasteiger partial charge in [-0.3, -0.25) is 9.98 Å². The molecule has 0 aliphatic carbocycles. The lowest BCUT2D eigenvalue weighted by molar-refractivity contribution is 0.218. The molecule has 0 atom stereocenters. The summed E-state index contributed by atoms with van der Waals surface area (Å²) < 4.78 is 0. The number of fused-ring (bicyclic) bond motifs is 1. The summed E-state index contributed by atoms with van der Waals surface area (Å²) in [5, 5.41) is 1.12. The molecule has 2 aromatic heterocycles. The van der Waals surface area contributed by atoms with E-state index in [4.69, 9.17) is 4.98 Å². The molecular formula is C30H39N5. The van der Waals surface area contributed by atoms with Crippen molar-refractivity contribution in [2.24, 2.45) is 10.9 Å². The quantitative estimate of drug-likeness (QED) is 0.392. The van der Waals surface area contributed by atoms with Crippen molar-refractivity contribution in [3.63, 3.8) is 0 Å². The number of aromatic nitrogens is 3. The molecule has 0 N–H and O–H groups in total. The fourth-order valence-corrected chi connectivity index (χ4v) is 4.77. The van der Waals surface area contributed by atoms with Crippen LogP contribution in [0.3, 0.4) is 0 Å². The van der Waals surface area contributed by atoms with E-state index >= 15 is 0 Å². The monoisotopic (exact) mass is 469 g/mol. The van der Waals surface area contributed by atoms with E-state index in [-0.39, 0.29) is 0 Å². The first-order chi connectivity index (χ1) is 17.0. The summed E-state index contributed by atoms with van der Waals surface area (Å²) in [4.78, 5) is 20.4. The van der Waals surface area contributed by atoms with E-state index in [2.05, 4.69) is 57.8 Å². The fourth-order valence-electron chi connectivity index (χ4n) is 4.77. The zero-order valence-electron chi connectivity index (χ0n) is 22.2. The molecule has 0 amide bonds. The van der Waals surface area contributed by atoms with Gasteiger partial charge in [-0.05, 0) is 99.6 Å². The molecule has 0 unspecified atom stereocenters. The maximum Gasteiger partial charge on any atom is 0.116 e. The first-order valence-corrected chi connectivity index (χ1v) is 12.7. The van der Waals surface area contributed by atoms with Crippen LogP contribution in [0.4, 0.5) is 0 Å². The highest BCUT2D eigenvalue weighted by atomic mass is 15.1. The van der Waals surface area contributed by atoms with Crippen LogP contribution in [0.5, 0.6) is 0 Å². The SMILES string of the molecule is C=C(c1ccc2ncnc(CC3CCN(C)CC3)c2c1)c1c(/C(C=NC)=C/C)ccnc1C.CC. The van der Waals surface area contributed by atoms with Crippen LogP contribution >= 0.6 is 0 Å². The summed E-state index contributed by atoms with van der Waals surface area (Å²) in [7, 11) is 4.00. The van der Waals surface area contributed by atoms with Gasteiger partial charge in [0.15, 0.2) is 0 Å². The lowest BCUT2D eigenvalue weighted by Gasteiger charge is -2.28. The fraction of sp³-hybridized carbons (Fsp3) is 0.400. The predicted octanol–water partition coefficient (Wildman–Crippen LogP) is 6.41. The third-order valence-electron chi connectivity index (χ3n) is 6.72. The maximum atomic E-state index is 4.70. The molecule has 4 rings (SSSR count). The predicted molar refractivity (Wildman–Crippen MR) is 150 cm³/mol. The first kappa shape index (κ1) is 26.4. The van der Waals surface area contributed by atoms with E-state index in [1.54, 1.807) is 13.4 Å². The van der Waals surface area contributed by atoms with Crippen LogP contribution < -0.4 is 0 Å². The molecule has 5 heteroatoms. The number of hydrogen-bond donors (Lipinski definition) is 0. The summed E-state index contributed by atoms with van der Waals surface area (Å²) in [6.45, 7) is 14.9. The summed E-state index contributed by atoms with van der Waals surface area (Å²) >= 11 is 0. The van der Waals surface area contributed by atoms with Gasteiger partial charge in [-0.2, -0.15) is 0 Å². The van der Waals surface area contributed by atoms with Crippen molar-refractivity contribution < 1.29 is 0 Å². The van der Waals surface area contributed by atoms with E-state index < -0.39 is 0 Å². The highest BCUT2D eigenvalue weighted by Gasteiger charge is 2.20. The molecule has 35 heavy (non-hydrogen) atoms. The van der Waals surface area contributed by atoms with Crippen molar-refractivity contribution in [1.29, 1.82) is 0 Å². The van der Waals surface area contributed by atoms with Crippen molar-refractivity contribution in [3.8, 4) is 0 Å². The molecule has 0 radical (unpaired) electrons. The molecule has 1 aromatic carbocycles. The summed E-state index contributed by atoms with van der Waals surface area (Å²) in [5.74, 6) is 0.670. The lowest BCUT2D eigenvalue weighted by Crippen LogP contribution is -2.31. The number of aliphatic imine (C=N–C) groups is 1. The summed E-state index contributed by atoms with van der Waals surface area (Å²) in [6, 6.07) is 8.45. The van der Waals surface area contributed by atoms with Gasteiger partial charge in [-0.25, -0.2) is 9.97 Å². The standard InChI is InChI=1S/C28H33N5.C2H6/c1-6-22(17-29-4)24-9-12-30-20(3)28(24)19(2)23-7-8-26-25(16-23)27(32-18-31-26)15-21-10-13-33(5)14-11-21;1-2/h6-9,12,16-18,21H,2,10-11,13-15H2,1,3-5H3;1-2H3/b22-6+,29-17?;. The van der Waals surface area contributed by atoms with E-state index in [0.29, 0.717) is 5.92 Å². The molecule has 3 heterocycles. The zero-order valence-corrected chi connectivity index (χ0v) is 22.2. The third-order valence-corrected chi connectivity index (χ3v) is 6.72. The molecule has 0 bridgehead atoms. The Morgan fingerprint density at radius 1 is 1.14 bits per heavy atom. The molecule has 1 aliphatic rings. The highest BCUT2D eigenvalue weighted by molar-refractivity contribution is 6.12. The molecule has 1 aliphatic heterocycles. The van der Waals surface area contributed by atoms with Gasteiger partial charge in [0.05, 0.1) is 11.2 Å². The number of piperidine rings is 1. The Hall–Kier alpha value is -3.18. The van der Waals surface area contributed by atoms with Gasteiger partial charge in [0, 0.05) is 36.1 Å². The van der Waals surface area contributed by atoms with Crippen LogP contribution in [0.2, 0.25) is 0 Å². The summed E-state index contributed by atoms with van der Waals surface area (Å²) in [5.41, 5.74) is 8.32. The first-order valence-electron chi connectivity index (χ1n) is 12.7. The summed E-state index contributed by atoms with van der Waals surface area (Å²) in [6.07, 6.45) is 11.0. The minimum absolute atomic E-state index is 0.670.